The van der Waals surface area contributed by atoms with Crippen molar-refractivity contribution in [2.45, 2.75) is 96.5 Å². The lowest BCUT2D eigenvalue weighted by Gasteiger charge is -2.07. The Morgan fingerprint density at radius 3 is 2.26 bits per heavy atom. The maximum absolute atomic E-state index is 11.1. The lowest BCUT2D eigenvalue weighted by molar-refractivity contribution is -0.138. The molecule has 1 atom stereocenters. The summed E-state index contributed by atoms with van der Waals surface area (Å²) in [6.07, 6.45) is 19.9. The molecule has 0 saturated carbocycles. The summed E-state index contributed by atoms with van der Waals surface area (Å²) in [5, 5.41) is 18.3. The monoisotopic (exact) mass is 382 g/mol. The lowest BCUT2D eigenvalue weighted by atomic mass is 10.1. The first-order valence-corrected chi connectivity index (χ1v) is 10.5. The number of aliphatic hydroxyl groups excluding tert-OH is 1. The number of aliphatic hydroxyl groups is 1. The summed E-state index contributed by atoms with van der Waals surface area (Å²) >= 11 is 0. The third-order valence-corrected chi connectivity index (χ3v) is 4.34. The van der Waals surface area contributed by atoms with E-state index in [1.54, 1.807) is 0 Å². The average molecular weight is 383 g/mol. The smallest absolute Gasteiger partial charge is 0.331 e. The number of ether oxygens (including phenoxy) is 1. The maximum Gasteiger partial charge on any atom is 0.331 e. The molecule has 5 nitrogen and oxygen atoms in total. The summed E-state index contributed by atoms with van der Waals surface area (Å²) in [6.45, 7) is 2.54. The van der Waals surface area contributed by atoms with Crippen LogP contribution in [0.4, 0.5) is 0 Å². The third kappa shape index (κ3) is 20.5. The molecule has 5 heteroatoms. The number of rotatable bonds is 18. The zero-order valence-electron chi connectivity index (χ0n) is 16.9. The van der Waals surface area contributed by atoms with Crippen molar-refractivity contribution in [2.75, 3.05) is 6.61 Å². The number of unbranched alkanes of at least 4 members (excludes halogenated alkanes) is 9. The van der Waals surface area contributed by atoms with Gasteiger partial charge in [0.1, 0.15) is 0 Å². The Kier molecular flexibility index (Phi) is 18.0. The summed E-state index contributed by atoms with van der Waals surface area (Å²) in [7, 11) is 0. The minimum atomic E-state index is -1.15. The van der Waals surface area contributed by atoms with Crippen molar-refractivity contribution in [1.29, 1.82) is 0 Å². The summed E-state index contributed by atoms with van der Waals surface area (Å²) in [5.41, 5.74) is 0. The van der Waals surface area contributed by atoms with Gasteiger partial charge in [0.05, 0.1) is 12.7 Å². The van der Waals surface area contributed by atoms with Gasteiger partial charge in [-0.2, -0.15) is 0 Å². The van der Waals surface area contributed by atoms with E-state index in [1.165, 1.54) is 32.1 Å². The van der Waals surface area contributed by atoms with E-state index in [4.69, 9.17) is 9.84 Å². The SMILES string of the molecule is CCCCCCC(O)CC=CCCCCCCCCOC(=O)/C=C\C(=O)O. The van der Waals surface area contributed by atoms with Crippen LogP contribution in [0, 0.1) is 0 Å². The highest BCUT2D eigenvalue weighted by Crippen LogP contribution is 2.10. The van der Waals surface area contributed by atoms with Crippen LogP contribution in [0.5, 0.6) is 0 Å². The highest BCUT2D eigenvalue weighted by molar-refractivity contribution is 5.90. The Morgan fingerprint density at radius 1 is 0.889 bits per heavy atom. The molecular formula is C22H38O5. The zero-order valence-corrected chi connectivity index (χ0v) is 16.9. The second-order valence-electron chi connectivity index (χ2n) is 6.96. The van der Waals surface area contributed by atoms with Crippen LogP contribution in [0.15, 0.2) is 24.3 Å². The third-order valence-electron chi connectivity index (χ3n) is 4.34. The number of carboxylic acids is 1. The number of carbonyl (C=O) groups is 2. The van der Waals surface area contributed by atoms with E-state index in [0.717, 1.165) is 63.5 Å². The quantitative estimate of drug-likeness (QED) is 0.148. The molecule has 2 N–H and O–H groups in total. The second kappa shape index (κ2) is 19.2. The molecule has 0 aromatic heterocycles. The molecule has 0 heterocycles. The molecule has 0 spiro atoms. The van der Waals surface area contributed by atoms with E-state index >= 15 is 0 Å². The van der Waals surface area contributed by atoms with E-state index in [-0.39, 0.29) is 6.10 Å². The predicted octanol–water partition coefficient (Wildman–Crippen LogP) is 5.18. The number of esters is 1. The van der Waals surface area contributed by atoms with Crippen LogP contribution in [0.1, 0.15) is 90.4 Å². The van der Waals surface area contributed by atoms with Gasteiger partial charge in [-0.25, -0.2) is 9.59 Å². The Labute approximate surface area is 164 Å². The summed E-state index contributed by atoms with van der Waals surface area (Å²) in [5.74, 6) is -1.75. The fourth-order valence-electron chi connectivity index (χ4n) is 2.73. The number of aliphatic carboxylic acids is 1. The van der Waals surface area contributed by atoms with Crippen LogP contribution < -0.4 is 0 Å². The van der Waals surface area contributed by atoms with Gasteiger partial charge in [0.2, 0.25) is 0 Å². The van der Waals surface area contributed by atoms with E-state index < -0.39 is 11.9 Å². The minimum Gasteiger partial charge on any atom is -0.478 e. The van der Waals surface area contributed by atoms with Crippen molar-refractivity contribution in [3.05, 3.63) is 24.3 Å². The number of allylic oxidation sites excluding steroid dienone is 1. The summed E-state index contributed by atoms with van der Waals surface area (Å²) in [6, 6.07) is 0. The molecule has 156 valence electrons. The molecule has 0 aliphatic rings. The summed E-state index contributed by atoms with van der Waals surface area (Å²) in [4.78, 5) is 21.4. The molecule has 0 fully saturated rings. The van der Waals surface area contributed by atoms with Gasteiger partial charge in [-0.3, -0.25) is 0 Å². The summed E-state index contributed by atoms with van der Waals surface area (Å²) < 4.78 is 4.90. The van der Waals surface area contributed by atoms with Crippen LogP contribution in [-0.2, 0) is 14.3 Å². The maximum atomic E-state index is 11.1. The first kappa shape index (κ1) is 25.4. The van der Waals surface area contributed by atoms with Crippen molar-refractivity contribution in [3.63, 3.8) is 0 Å². The minimum absolute atomic E-state index is 0.188. The molecule has 0 amide bonds. The van der Waals surface area contributed by atoms with Crippen LogP contribution in [0.3, 0.4) is 0 Å². The Bertz CT molecular complexity index is 428. The molecular weight excluding hydrogens is 344 g/mol. The Morgan fingerprint density at radius 2 is 1.56 bits per heavy atom. The molecule has 0 aromatic carbocycles. The van der Waals surface area contributed by atoms with E-state index in [1.807, 2.05) is 0 Å². The van der Waals surface area contributed by atoms with Crippen molar-refractivity contribution in [1.82, 2.24) is 0 Å². The van der Waals surface area contributed by atoms with Gasteiger partial charge in [-0.15, -0.1) is 0 Å². The molecule has 0 rings (SSSR count). The van der Waals surface area contributed by atoms with E-state index in [0.29, 0.717) is 6.61 Å². The van der Waals surface area contributed by atoms with Gasteiger partial charge in [0.25, 0.3) is 0 Å². The molecule has 1 unspecified atom stereocenters. The van der Waals surface area contributed by atoms with Crippen molar-refractivity contribution < 1.29 is 24.5 Å². The molecule has 27 heavy (non-hydrogen) atoms. The molecule has 0 aliphatic heterocycles. The fraction of sp³-hybridized carbons (Fsp3) is 0.727. The molecule has 0 saturated heterocycles. The van der Waals surface area contributed by atoms with Crippen LogP contribution in [0.2, 0.25) is 0 Å². The largest absolute Gasteiger partial charge is 0.478 e. The van der Waals surface area contributed by atoms with Crippen LogP contribution in [-0.4, -0.2) is 34.9 Å². The van der Waals surface area contributed by atoms with Gasteiger partial charge >= 0.3 is 11.9 Å². The van der Waals surface area contributed by atoms with Crippen molar-refractivity contribution in [3.8, 4) is 0 Å². The van der Waals surface area contributed by atoms with Crippen molar-refractivity contribution in [2.24, 2.45) is 0 Å². The number of carbonyl (C=O) groups excluding carboxylic acids is 1. The molecule has 0 bridgehead atoms. The molecule has 0 radical (unpaired) electrons. The fourth-order valence-corrected chi connectivity index (χ4v) is 2.73. The zero-order chi connectivity index (χ0) is 20.2. The van der Waals surface area contributed by atoms with E-state index in [9.17, 15) is 14.7 Å². The average Bonchev–Trinajstić information content (AvgIpc) is 2.64. The lowest BCUT2D eigenvalue weighted by Crippen LogP contribution is -2.04. The normalized spacial score (nSPS) is 12.7. The van der Waals surface area contributed by atoms with Gasteiger partial charge in [-0.1, -0.05) is 70.4 Å². The van der Waals surface area contributed by atoms with E-state index in [2.05, 4.69) is 19.1 Å². The molecule has 0 aromatic rings. The topological polar surface area (TPSA) is 83.8 Å². The van der Waals surface area contributed by atoms with Gasteiger partial charge < -0.3 is 14.9 Å². The highest BCUT2D eigenvalue weighted by atomic mass is 16.5. The Hall–Kier alpha value is -1.62. The predicted molar refractivity (Wildman–Crippen MR) is 109 cm³/mol. The number of hydrogen-bond donors (Lipinski definition) is 2. The van der Waals surface area contributed by atoms with Gasteiger partial charge in [0.15, 0.2) is 0 Å². The van der Waals surface area contributed by atoms with Crippen molar-refractivity contribution >= 4 is 11.9 Å². The molecule has 0 aliphatic carbocycles. The Balaban J connectivity index is 3.35. The highest BCUT2D eigenvalue weighted by Gasteiger charge is 2.01. The van der Waals surface area contributed by atoms with Crippen LogP contribution >= 0.6 is 0 Å². The van der Waals surface area contributed by atoms with Gasteiger partial charge in [-0.05, 0) is 32.1 Å². The number of carboxylic acid groups (broad SMARTS) is 1. The standard InChI is InChI=1S/C22H38O5/c1-2-3-4-12-15-20(23)16-13-10-8-6-5-7-9-11-14-19-27-22(26)18-17-21(24)25/h10,13,17-18,20,23H,2-9,11-12,14-16,19H2,1H3,(H,24,25)/b13-10?,18-17-. The first-order valence-electron chi connectivity index (χ1n) is 10.5. The number of hydrogen-bond acceptors (Lipinski definition) is 4. The van der Waals surface area contributed by atoms with Gasteiger partial charge in [0, 0.05) is 12.2 Å². The second-order valence-corrected chi connectivity index (χ2v) is 6.96. The first-order chi connectivity index (χ1) is 13.1. The van der Waals surface area contributed by atoms with Crippen LogP contribution in [0.25, 0.3) is 0 Å².